The molecule has 1 fully saturated rings. The second kappa shape index (κ2) is 9.04. The van der Waals surface area contributed by atoms with Gasteiger partial charge in [0.15, 0.2) is 0 Å². The van der Waals surface area contributed by atoms with Gasteiger partial charge in [-0.1, -0.05) is 6.58 Å². The number of rotatable bonds is 5. The number of esters is 1. The summed E-state index contributed by atoms with van der Waals surface area (Å²) in [6, 6.07) is 3.76. The molecule has 7 heteroatoms. The van der Waals surface area contributed by atoms with Crippen molar-refractivity contribution in [2.75, 3.05) is 0 Å². The summed E-state index contributed by atoms with van der Waals surface area (Å²) >= 11 is 0. The van der Waals surface area contributed by atoms with Crippen molar-refractivity contribution in [2.45, 2.75) is 72.0 Å². The van der Waals surface area contributed by atoms with Crippen LogP contribution in [0.4, 0.5) is 0 Å². The van der Waals surface area contributed by atoms with Crippen molar-refractivity contribution < 1.29 is 14.3 Å². The highest BCUT2D eigenvalue weighted by atomic mass is 16.6. The maximum absolute atomic E-state index is 12.3. The molecule has 0 bridgehead atoms. The molecule has 0 saturated heterocycles. The first-order chi connectivity index (χ1) is 14.5. The summed E-state index contributed by atoms with van der Waals surface area (Å²) in [6.07, 6.45) is 4.92. The van der Waals surface area contributed by atoms with Crippen molar-refractivity contribution in [1.29, 1.82) is 0 Å². The van der Waals surface area contributed by atoms with E-state index in [1.54, 1.807) is 6.20 Å². The number of aryl methyl sites for hydroxylation is 2. The number of nitrogens with zero attached hydrogens (tertiary/aromatic N) is 3. The number of aromatic nitrogens is 3. The Morgan fingerprint density at radius 3 is 2.32 bits per heavy atom. The van der Waals surface area contributed by atoms with Crippen LogP contribution < -0.4 is 10.5 Å². The molecule has 1 saturated carbocycles. The lowest BCUT2D eigenvalue weighted by Gasteiger charge is -2.29. The highest BCUT2D eigenvalue weighted by molar-refractivity contribution is 5.73. The maximum atomic E-state index is 12.3. The lowest BCUT2D eigenvalue weighted by Crippen LogP contribution is -2.33. The van der Waals surface area contributed by atoms with Crippen LogP contribution in [-0.4, -0.2) is 32.6 Å². The number of hydrogen-bond donors (Lipinski definition) is 1. The molecule has 7 nitrogen and oxygen atoms in total. The number of nitrogens with two attached hydrogens (primary N) is 1. The van der Waals surface area contributed by atoms with E-state index in [9.17, 15) is 4.79 Å². The van der Waals surface area contributed by atoms with Gasteiger partial charge in [0.2, 0.25) is 5.88 Å². The van der Waals surface area contributed by atoms with Crippen LogP contribution in [0.1, 0.15) is 63.5 Å². The topological polar surface area (TPSA) is 100 Å². The fourth-order valence-corrected chi connectivity index (χ4v) is 3.77. The summed E-state index contributed by atoms with van der Waals surface area (Å²) in [4.78, 5) is 25.9. The van der Waals surface area contributed by atoms with Crippen LogP contribution in [0.25, 0.3) is 17.0 Å². The molecule has 0 amide bonds. The predicted molar refractivity (Wildman–Crippen MR) is 120 cm³/mol. The molecule has 0 radical (unpaired) electrons. The minimum absolute atomic E-state index is 0.0464. The molecule has 1 aliphatic rings. The highest BCUT2D eigenvalue weighted by Gasteiger charge is 2.30. The lowest BCUT2D eigenvalue weighted by atomic mass is 9.87. The Balaban J connectivity index is 1.62. The molecule has 3 rings (SSSR count). The van der Waals surface area contributed by atoms with E-state index in [1.165, 1.54) is 0 Å². The van der Waals surface area contributed by atoms with Crippen molar-refractivity contribution >= 4 is 11.7 Å². The molecule has 2 N–H and O–H groups in total. The van der Waals surface area contributed by atoms with Crippen molar-refractivity contribution in [3.8, 4) is 17.1 Å². The second-order valence-corrected chi connectivity index (χ2v) is 9.13. The Hall–Kier alpha value is -2.96. The largest absolute Gasteiger partial charge is 0.474 e. The van der Waals surface area contributed by atoms with Crippen molar-refractivity contribution in [3.63, 3.8) is 0 Å². The fraction of sp³-hybridized carbons (Fsp3) is 0.500. The van der Waals surface area contributed by atoms with Gasteiger partial charge in [-0.3, -0.25) is 9.78 Å². The van der Waals surface area contributed by atoms with E-state index in [-0.39, 0.29) is 18.0 Å². The molecule has 0 unspecified atom stereocenters. The van der Waals surface area contributed by atoms with E-state index in [1.807, 2.05) is 46.8 Å². The van der Waals surface area contributed by atoms with Gasteiger partial charge >= 0.3 is 5.97 Å². The van der Waals surface area contributed by atoms with E-state index in [0.717, 1.165) is 48.3 Å². The van der Waals surface area contributed by atoms with Gasteiger partial charge in [-0.25, -0.2) is 9.97 Å². The van der Waals surface area contributed by atoms with Gasteiger partial charge in [0, 0.05) is 17.8 Å². The molecule has 2 heterocycles. The fourth-order valence-electron chi connectivity index (χ4n) is 3.77. The summed E-state index contributed by atoms with van der Waals surface area (Å²) in [5.41, 5.74) is 9.50. The average molecular weight is 425 g/mol. The van der Waals surface area contributed by atoms with Gasteiger partial charge in [-0.15, -0.1) is 0 Å². The normalized spacial score (nSPS) is 19.0. The van der Waals surface area contributed by atoms with Gasteiger partial charge in [0.05, 0.1) is 28.7 Å². The third kappa shape index (κ3) is 5.81. The first-order valence-electron chi connectivity index (χ1n) is 10.7. The molecular weight excluding hydrogens is 392 g/mol. The minimum Gasteiger partial charge on any atom is -0.474 e. The molecule has 166 valence electrons. The van der Waals surface area contributed by atoms with Crippen molar-refractivity contribution in [1.82, 2.24) is 15.0 Å². The van der Waals surface area contributed by atoms with Gasteiger partial charge < -0.3 is 15.2 Å². The Morgan fingerprint density at radius 1 is 1.10 bits per heavy atom. The number of hydrogen-bond acceptors (Lipinski definition) is 7. The zero-order valence-electron chi connectivity index (χ0n) is 19.1. The van der Waals surface area contributed by atoms with Gasteiger partial charge in [-0.2, -0.15) is 0 Å². The van der Waals surface area contributed by atoms with Crippen molar-refractivity contribution in [2.24, 2.45) is 11.7 Å². The smallest absolute Gasteiger partial charge is 0.309 e. The Labute approximate surface area is 184 Å². The first-order valence-corrected chi connectivity index (χ1v) is 10.7. The average Bonchev–Trinajstić information content (AvgIpc) is 2.68. The van der Waals surface area contributed by atoms with E-state index < -0.39 is 5.60 Å². The molecule has 0 spiro atoms. The van der Waals surface area contributed by atoms with Crippen LogP contribution in [0, 0.1) is 19.8 Å². The summed E-state index contributed by atoms with van der Waals surface area (Å²) in [5.74, 6) is 0.400. The maximum Gasteiger partial charge on any atom is 0.309 e. The van der Waals surface area contributed by atoms with Crippen LogP contribution in [0.3, 0.4) is 0 Å². The summed E-state index contributed by atoms with van der Waals surface area (Å²) in [7, 11) is 0. The van der Waals surface area contributed by atoms with Crippen molar-refractivity contribution in [3.05, 3.63) is 42.0 Å². The number of carbonyl (C=O) groups excluding carboxylic acids is 1. The third-order valence-electron chi connectivity index (χ3n) is 5.26. The summed E-state index contributed by atoms with van der Waals surface area (Å²) in [5, 5.41) is 0. The van der Waals surface area contributed by atoms with Crippen LogP contribution >= 0.6 is 0 Å². The molecule has 31 heavy (non-hydrogen) atoms. The quantitative estimate of drug-likeness (QED) is 0.712. The molecular formula is C24H32N4O3. The molecule has 0 atom stereocenters. The van der Waals surface area contributed by atoms with E-state index in [2.05, 4.69) is 21.5 Å². The zero-order valence-corrected chi connectivity index (χ0v) is 19.1. The van der Waals surface area contributed by atoms with E-state index >= 15 is 0 Å². The zero-order chi connectivity index (χ0) is 22.8. The van der Waals surface area contributed by atoms with Crippen LogP contribution in [0.2, 0.25) is 0 Å². The number of pyridine rings is 1. The molecule has 0 aromatic carbocycles. The minimum atomic E-state index is -0.450. The Morgan fingerprint density at radius 2 is 1.77 bits per heavy atom. The SMILES string of the molecule is C=C(N)c1nc(-c2ccc(O[C@H]3CC[C@@H](C(=O)OC(C)(C)C)CC3)nc2)c(C)nc1C. The third-order valence-corrected chi connectivity index (χ3v) is 5.26. The molecule has 2 aromatic rings. The summed E-state index contributed by atoms with van der Waals surface area (Å²) < 4.78 is 11.6. The van der Waals surface area contributed by atoms with E-state index in [0.29, 0.717) is 17.3 Å². The van der Waals surface area contributed by atoms with Gasteiger partial charge in [0.1, 0.15) is 17.4 Å². The Kier molecular flexibility index (Phi) is 6.62. The molecule has 0 aliphatic heterocycles. The second-order valence-electron chi connectivity index (χ2n) is 9.13. The van der Waals surface area contributed by atoms with Gasteiger partial charge in [0.25, 0.3) is 0 Å². The number of ether oxygens (including phenoxy) is 2. The van der Waals surface area contributed by atoms with Crippen LogP contribution in [0.15, 0.2) is 24.9 Å². The van der Waals surface area contributed by atoms with Crippen LogP contribution in [-0.2, 0) is 9.53 Å². The van der Waals surface area contributed by atoms with E-state index in [4.69, 9.17) is 15.2 Å². The first kappa shape index (κ1) is 22.7. The summed E-state index contributed by atoms with van der Waals surface area (Å²) in [6.45, 7) is 13.2. The Bertz CT molecular complexity index is 956. The highest BCUT2D eigenvalue weighted by Crippen LogP contribution is 2.30. The monoisotopic (exact) mass is 424 g/mol. The molecule has 1 aliphatic carbocycles. The predicted octanol–water partition coefficient (Wildman–Crippen LogP) is 4.36. The van der Waals surface area contributed by atoms with Crippen LogP contribution in [0.5, 0.6) is 5.88 Å². The number of carbonyl (C=O) groups is 1. The molecule has 2 aromatic heterocycles. The standard InChI is InChI=1S/C24H32N4O3/c1-14(25)21-15(2)27-16(3)22(28-21)18-9-12-20(26-13-18)30-19-10-7-17(8-11-19)23(29)31-24(4,5)6/h9,12-13,17,19H,1,7-8,10-11,25H2,2-6H3/t17-,19+. The lowest BCUT2D eigenvalue weighted by molar-refractivity contribution is -0.161. The van der Waals surface area contributed by atoms with Gasteiger partial charge in [-0.05, 0) is 66.4 Å².